The second-order valence-electron chi connectivity index (χ2n) is 7.88. The lowest BCUT2D eigenvalue weighted by atomic mass is 10.1. The van der Waals surface area contributed by atoms with Crippen molar-refractivity contribution in [2.75, 3.05) is 31.2 Å². The second-order valence-corrected chi connectivity index (χ2v) is 7.88. The molecule has 4 heterocycles. The first-order chi connectivity index (χ1) is 14.5. The van der Waals surface area contributed by atoms with Crippen molar-refractivity contribution in [2.45, 2.75) is 19.1 Å². The van der Waals surface area contributed by atoms with Crippen LogP contribution in [0, 0.1) is 5.82 Å². The summed E-state index contributed by atoms with van der Waals surface area (Å²) in [5.74, 6) is -0.0312. The van der Waals surface area contributed by atoms with Crippen molar-refractivity contribution in [3.63, 3.8) is 0 Å². The smallest absolute Gasteiger partial charge is 0.323 e. The monoisotopic (exact) mass is 407 g/mol. The number of likely N-dealkylation sites (tertiary alicyclic amines) is 1. The van der Waals surface area contributed by atoms with E-state index >= 15 is 0 Å². The Hall–Kier alpha value is -3.46. The summed E-state index contributed by atoms with van der Waals surface area (Å²) in [4.78, 5) is 21.2. The Labute approximate surface area is 173 Å². The lowest BCUT2D eigenvalue weighted by Gasteiger charge is -2.36. The summed E-state index contributed by atoms with van der Waals surface area (Å²) in [6, 6.07) is 9.57. The zero-order chi connectivity index (χ0) is 20.8. The van der Waals surface area contributed by atoms with E-state index in [9.17, 15) is 9.18 Å². The molecule has 154 valence electrons. The minimum Gasteiger partial charge on any atom is -0.396 e. The number of anilines is 2. The molecule has 0 atom stereocenters. The summed E-state index contributed by atoms with van der Waals surface area (Å²) in [7, 11) is 2.09. The van der Waals surface area contributed by atoms with Crippen molar-refractivity contribution in [2.24, 2.45) is 0 Å². The maximum absolute atomic E-state index is 13.2. The molecular weight excluding hydrogens is 385 g/mol. The van der Waals surface area contributed by atoms with Gasteiger partial charge in [0.05, 0.1) is 36.2 Å². The van der Waals surface area contributed by atoms with Gasteiger partial charge in [-0.2, -0.15) is 5.10 Å². The summed E-state index contributed by atoms with van der Waals surface area (Å²) < 4.78 is 15.2. The van der Waals surface area contributed by atoms with Gasteiger partial charge in [0.2, 0.25) is 0 Å². The number of halogens is 1. The molecule has 9 heteroatoms. The summed E-state index contributed by atoms with van der Waals surface area (Å²) >= 11 is 0. The molecule has 2 amide bonds. The molecule has 1 aromatic carbocycles. The fourth-order valence-corrected chi connectivity index (χ4v) is 3.87. The van der Waals surface area contributed by atoms with Crippen molar-refractivity contribution in [1.82, 2.24) is 24.6 Å². The number of pyridine rings is 1. The highest BCUT2D eigenvalue weighted by atomic mass is 19.1. The van der Waals surface area contributed by atoms with Crippen LogP contribution in [0.15, 0.2) is 42.6 Å². The molecule has 0 spiro atoms. The van der Waals surface area contributed by atoms with Gasteiger partial charge < -0.3 is 15.5 Å². The third kappa shape index (κ3) is 3.37. The maximum Gasteiger partial charge on any atom is 0.323 e. The Balaban J connectivity index is 1.28. The number of nitrogens with one attached hydrogen (secondary N) is 1. The number of nitrogens with zero attached hydrogens (tertiary/aromatic N) is 5. The molecule has 0 aliphatic carbocycles. The fraction of sp³-hybridized carbons (Fsp3) is 0.286. The van der Waals surface area contributed by atoms with Crippen LogP contribution >= 0.6 is 0 Å². The van der Waals surface area contributed by atoms with Crippen LogP contribution in [0.25, 0.3) is 11.3 Å². The molecular formula is C21H22FN7O. The lowest BCUT2D eigenvalue weighted by Crippen LogP contribution is -2.45. The van der Waals surface area contributed by atoms with E-state index in [2.05, 4.69) is 27.3 Å². The second kappa shape index (κ2) is 7.10. The number of fused-ring (bicyclic) bond motifs is 1. The summed E-state index contributed by atoms with van der Waals surface area (Å²) in [5, 5.41) is 7.46. The molecule has 2 aliphatic rings. The van der Waals surface area contributed by atoms with Crippen LogP contribution in [0.3, 0.4) is 0 Å². The number of likely N-dealkylation sites (N-methyl/N-ethyl adjacent to an activating group) is 1. The van der Waals surface area contributed by atoms with Gasteiger partial charge in [0.25, 0.3) is 0 Å². The average Bonchev–Trinajstić information content (AvgIpc) is 3.27. The number of nitrogens with two attached hydrogens (primary N) is 1. The van der Waals surface area contributed by atoms with Crippen LogP contribution < -0.4 is 11.1 Å². The number of carbonyl (C=O) groups is 1. The van der Waals surface area contributed by atoms with Crippen LogP contribution in [0.2, 0.25) is 0 Å². The van der Waals surface area contributed by atoms with Gasteiger partial charge >= 0.3 is 6.03 Å². The molecule has 3 aromatic rings. The van der Waals surface area contributed by atoms with Gasteiger partial charge in [-0.25, -0.2) is 14.2 Å². The van der Waals surface area contributed by atoms with E-state index in [1.54, 1.807) is 29.2 Å². The molecule has 1 fully saturated rings. The zero-order valence-electron chi connectivity index (χ0n) is 16.5. The summed E-state index contributed by atoms with van der Waals surface area (Å²) in [5.41, 5.74) is 9.72. The van der Waals surface area contributed by atoms with Crippen molar-refractivity contribution in [1.29, 1.82) is 0 Å². The van der Waals surface area contributed by atoms with Crippen LogP contribution in [-0.4, -0.2) is 50.7 Å². The SMILES string of the molecule is CN1CC(n2cc3c(n2)CN(C(=O)Nc2nc(-c4ccc(F)cc4)ccc2N)C3)C1. The van der Waals surface area contributed by atoms with Gasteiger partial charge in [-0.3, -0.25) is 10.00 Å². The number of nitrogen functional groups attached to an aromatic ring is 1. The van der Waals surface area contributed by atoms with Crippen molar-refractivity contribution in [3.05, 3.63) is 59.7 Å². The van der Waals surface area contributed by atoms with Gasteiger partial charge in [-0.1, -0.05) is 0 Å². The lowest BCUT2D eigenvalue weighted by molar-refractivity contribution is 0.129. The van der Waals surface area contributed by atoms with Gasteiger partial charge in [-0.05, 0) is 43.4 Å². The normalized spacial score (nSPS) is 16.4. The maximum atomic E-state index is 13.2. The number of benzene rings is 1. The van der Waals surface area contributed by atoms with E-state index in [1.165, 1.54) is 12.1 Å². The predicted molar refractivity (Wildman–Crippen MR) is 111 cm³/mol. The molecule has 0 unspecified atom stereocenters. The topological polar surface area (TPSA) is 92.3 Å². The molecule has 0 saturated carbocycles. The van der Waals surface area contributed by atoms with E-state index < -0.39 is 0 Å². The molecule has 1 saturated heterocycles. The molecule has 5 rings (SSSR count). The highest BCUT2D eigenvalue weighted by Gasteiger charge is 2.31. The van der Waals surface area contributed by atoms with E-state index in [4.69, 9.17) is 5.73 Å². The number of hydrogen-bond donors (Lipinski definition) is 2. The molecule has 3 N–H and O–H groups in total. The van der Waals surface area contributed by atoms with Gasteiger partial charge in [-0.15, -0.1) is 0 Å². The van der Waals surface area contributed by atoms with Crippen molar-refractivity contribution in [3.8, 4) is 11.3 Å². The van der Waals surface area contributed by atoms with E-state index in [0.29, 0.717) is 30.5 Å². The average molecular weight is 407 g/mol. The Kier molecular flexibility index (Phi) is 4.39. The number of aromatic nitrogens is 3. The molecule has 2 aliphatic heterocycles. The first-order valence-corrected chi connectivity index (χ1v) is 9.80. The number of hydrogen-bond acceptors (Lipinski definition) is 5. The molecule has 8 nitrogen and oxygen atoms in total. The Bertz CT molecular complexity index is 1080. The molecule has 0 bridgehead atoms. The third-order valence-electron chi connectivity index (χ3n) is 5.59. The number of amides is 2. The van der Waals surface area contributed by atoms with Crippen LogP contribution in [0.1, 0.15) is 17.3 Å². The minimum atomic E-state index is -0.317. The van der Waals surface area contributed by atoms with Gasteiger partial charge in [0, 0.05) is 30.4 Å². The molecule has 0 radical (unpaired) electrons. The standard InChI is InChI=1S/C21H22FN7O/c1-27-10-16(11-27)29-9-14-8-28(12-19(14)26-29)21(30)25-20-17(23)6-7-18(24-20)13-2-4-15(22)5-3-13/h2-7,9,16H,8,10-12,23H2,1H3,(H,24,25,30). The highest BCUT2D eigenvalue weighted by Crippen LogP contribution is 2.28. The van der Waals surface area contributed by atoms with E-state index in [-0.39, 0.29) is 17.7 Å². The Morgan fingerprint density at radius 2 is 1.93 bits per heavy atom. The van der Waals surface area contributed by atoms with Crippen molar-refractivity contribution >= 4 is 17.5 Å². The van der Waals surface area contributed by atoms with Crippen molar-refractivity contribution < 1.29 is 9.18 Å². The van der Waals surface area contributed by atoms with Gasteiger partial charge in [0.1, 0.15) is 5.82 Å². The Morgan fingerprint density at radius 1 is 1.17 bits per heavy atom. The number of carbonyl (C=O) groups excluding carboxylic acids is 1. The predicted octanol–water partition coefficient (Wildman–Crippen LogP) is 2.70. The molecule has 2 aromatic heterocycles. The quantitative estimate of drug-likeness (QED) is 0.697. The number of rotatable bonds is 3. The minimum absolute atomic E-state index is 0.279. The van der Waals surface area contributed by atoms with E-state index in [0.717, 1.165) is 29.9 Å². The first-order valence-electron chi connectivity index (χ1n) is 9.80. The summed E-state index contributed by atoms with van der Waals surface area (Å²) in [6.45, 7) is 2.95. The fourth-order valence-electron chi connectivity index (χ4n) is 3.87. The Morgan fingerprint density at radius 3 is 2.63 bits per heavy atom. The summed E-state index contributed by atoms with van der Waals surface area (Å²) in [6.07, 6.45) is 2.04. The third-order valence-corrected chi connectivity index (χ3v) is 5.59. The zero-order valence-corrected chi connectivity index (χ0v) is 16.5. The first kappa shape index (κ1) is 18.6. The number of urea groups is 1. The van der Waals surface area contributed by atoms with E-state index in [1.807, 2.05) is 10.9 Å². The van der Waals surface area contributed by atoms with Gasteiger partial charge in [0.15, 0.2) is 5.82 Å². The van der Waals surface area contributed by atoms with Crippen LogP contribution in [0.4, 0.5) is 20.7 Å². The highest BCUT2D eigenvalue weighted by molar-refractivity contribution is 5.92. The van der Waals surface area contributed by atoms with Crippen LogP contribution in [0.5, 0.6) is 0 Å². The molecule has 30 heavy (non-hydrogen) atoms. The van der Waals surface area contributed by atoms with Crippen LogP contribution in [-0.2, 0) is 13.1 Å². The largest absolute Gasteiger partial charge is 0.396 e.